The Balaban J connectivity index is 1.48. The molecule has 0 spiro atoms. The zero-order chi connectivity index (χ0) is 20.1. The number of rotatable bonds is 7. The monoisotopic (exact) mass is 390 g/mol. The maximum absolute atomic E-state index is 13.0. The number of hydrogen-bond donors (Lipinski definition) is 2. The predicted octanol–water partition coefficient (Wildman–Crippen LogP) is 3.90. The van der Waals surface area contributed by atoms with Crippen molar-refractivity contribution >= 4 is 17.2 Å². The molecule has 0 fully saturated rings. The van der Waals surface area contributed by atoms with E-state index in [-0.39, 0.29) is 18.2 Å². The van der Waals surface area contributed by atoms with E-state index in [1.165, 1.54) is 18.2 Å². The third-order valence-electron chi connectivity index (χ3n) is 4.29. The molecule has 1 unspecified atom stereocenters. The number of alkyl halides is 3. The van der Waals surface area contributed by atoms with Crippen LogP contribution in [0.25, 0.3) is 5.65 Å². The summed E-state index contributed by atoms with van der Waals surface area (Å²) < 4.78 is 40.9. The molecule has 2 aromatic heterocycles. The highest BCUT2D eigenvalue weighted by molar-refractivity contribution is 5.92. The van der Waals surface area contributed by atoms with Gasteiger partial charge in [0.05, 0.1) is 16.9 Å². The van der Waals surface area contributed by atoms with E-state index in [1.54, 1.807) is 0 Å². The maximum atomic E-state index is 13.0. The van der Waals surface area contributed by atoms with Gasteiger partial charge in [-0.3, -0.25) is 4.79 Å². The van der Waals surface area contributed by atoms with Gasteiger partial charge >= 0.3 is 6.18 Å². The van der Waals surface area contributed by atoms with Crippen molar-refractivity contribution in [3.8, 4) is 0 Å². The normalized spacial score (nSPS) is 12.9. The number of anilines is 1. The van der Waals surface area contributed by atoms with Crippen LogP contribution < -0.4 is 10.6 Å². The molecule has 0 bridgehead atoms. The first-order valence-electron chi connectivity index (χ1n) is 8.95. The quantitative estimate of drug-likeness (QED) is 0.643. The number of aromatic nitrogens is 2. The van der Waals surface area contributed by atoms with E-state index >= 15 is 0 Å². The first kappa shape index (κ1) is 19.9. The molecular formula is C20H21F3N4O. The van der Waals surface area contributed by atoms with Crippen LogP contribution in [0, 0.1) is 0 Å². The zero-order valence-electron chi connectivity index (χ0n) is 15.3. The molecule has 3 aromatic rings. The smallest absolute Gasteiger partial charge is 0.325 e. The van der Waals surface area contributed by atoms with Gasteiger partial charge in [-0.25, -0.2) is 4.98 Å². The summed E-state index contributed by atoms with van der Waals surface area (Å²) in [4.78, 5) is 16.6. The largest absolute Gasteiger partial charge is 0.418 e. The van der Waals surface area contributed by atoms with Crippen molar-refractivity contribution in [2.24, 2.45) is 0 Å². The molecule has 28 heavy (non-hydrogen) atoms. The van der Waals surface area contributed by atoms with E-state index in [0.717, 1.165) is 17.4 Å². The number of halogens is 3. The highest BCUT2D eigenvalue weighted by Gasteiger charge is 2.33. The minimum atomic E-state index is -4.51. The minimum Gasteiger partial charge on any atom is -0.325 e. The number of imidazole rings is 1. The van der Waals surface area contributed by atoms with Gasteiger partial charge in [-0.15, -0.1) is 0 Å². The summed E-state index contributed by atoms with van der Waals surface area (Å²) in [5.74, 6) is -0.468. The van der Waals surface area contributed by atoms with Gasteiger partial charge in [0, 0.05) is 37.8 Å². The van der Waals surface area contributed by atoms with Crippen molar-refractivity contribution in [1.29, 1.82) is 0 Å². The standard InChI is InChI=1S/C20H21F3N4O/c1-14(24-10-9-15-13-27-11-5-4-8-18(27)25-15)12-19(28)26-17-7-3-2-6-16(17)20(21,22)23/h2-8,11,13-14,24H,9-10,12H2,1H3,(H,26,28). The fourth-order valence-electron chi connectivity index (χ4n) is 2.95. The number of para-hydroxylation sites is 1. The Bertz CT molecular complexity index is 919. The van der Waals surface area contributed by atoms with Crippen molar-refractivity contribution in [3.63, 3.8) is 0 Å². The zero-order valence-corrected chi connectivity index (χ0v) is 15.3. The summed E-state index contributed by atoms with van der Waals surface area (Å²) >= 11 is 0. The number of fused-ring (bicyclic) bond motifs is 1. The second-order valence-corrected chi connectivity index (χ2v) is 6.60. The van der Waals surface area contributed by atoms with E-state index < -0.39 is 17.6 Å². The van der Waals surface area contributed by atoms with Gasteiger partial charge in [0.1, 0.15) is 5.65 Å². The summed E-state index contributed by atoms with van der Waals surface area (Å²) in [5.41, 5.74) is 0.718. The molecule has 0 radical (unpaired) electrons. The van der Waals surface area contributed by atoms with Crippen molar-refractivity contribution in [2.75, 3.05) is 11.9 Å². The highest BCUT2D eigenvalue weighted by atomic mass is 19.4. The van der Waals surface area contributed by atoms with E-state index in [9.17, 15) is 18.0 Å². The molecule has 1 aromatic carbocycles. The second-order valence-electron chi connectivity index (χ2n) is 6.60. The first-order valence-corrected chi connectivity index (χ1v) is 8.95. The molecule has 0 saturated carbocycles. The average Bonchev–Trinajstić information content (AvgIpc) is 3.03. The summed E-state index contributed by atoms with van der Waals surface area (Å²) in [6, 6.07) is 10.5. The van der Waals surface area contributed by atoms with Crippen LogP contribution in [0.15, 0.2) is 54.9 Å². The summed E-state index contributed by atoms with van der Waals surface area (Å²) in [5, 5.41) is 5.56. The van der Waals surface area contributed by atoms with Crippen molar-refractivity contribution in [1.82, 2.24) is 14.7 Å². The summed E-state index contributed by atoms with van der Waals surface area (Å²) in [6.07, 6.45) is 0.108. The molecule has 2 heterocycles. The predicted molar refractivity (Wildman–Crippen MR) is 101 cm³/mol. The number of benzene rings is 1. The number of pyridine rings is 1. The van der Waals surface area contributed by atoms with Crippen LogP contribution in [0.3, 0.4) is 0 Å². The molecule has 2 N–H and O–H groups in total. The van der Waals surface area contributed by atoms with Crippen LogP contribution in [0.2, 0.25) is 0 Å². The number of nitrogens with one attached hydrogen (secondary N) is 2. The fourth-order valence-corrected chi connectivity index (χ4v) is 2.95. The Labute approximate surface area is 160 Å². The van der Waals surface area contributed by atoms with Gasteiger partial charge in [0.2, 0.25) is 5.91 Å². The molecule has 5 nitrogen and oxygen atoms in total. The lowest BCUT2D eigenvalue weighted by Gasteiger charge is -2.16. The van der Waals surface area contributed by atoms with E-state index in [1.807, 2.05) is 41.9 Å². The van der Waals surface area contributed by atoms with Crippen molar-refractivity contribution in [3.05, 3.63) is 66.1 Å². The Hall–Kier alpha value is -2.87. The Morgan fingerprint density at radius 1 is 1.18 bits per heavy atom. The number of carbonyl (C=O) groups is 1. The number of hydrogen-bond acceptors (Lipinski definition) is 3. The number of amides is 1. The van der Waals surface area contributed by atoms with Gasteiger partial charge < -0.3 is 15.0 Å². The van der Waals surface area contributed by atoms with E-state index in [0.29, 0.717) is 13.0 Å². The van der Waals surface area contributed by atoms with Gasteiger partial charge in [0.15, 0.2) is 0 Å². The molecule has 148 valence electrons. The molecule has 0 aliphatic carbocycles. The Morgan fingerprint density at radius 3 is 2.68 bits per heavy atom. The third-order valence-corrected chi connectivity index (χ3v) is 4.29. The average molecular weight is 390 g/mol. The third kappa shape index (κ3) is 5.10. The molecular weight excluding hydrogens is 369 g/mol. The van der Waals surface area contributed by atoms with E-state index in [2.05, 4.69) is 15.6 Å². The molecule has 0 aliphatic heterocycles. The SMILES string of the molecule is CC(CC(=O)Nc1ccccc1C(F)(F)F)NCCc1cn2ccccc2n1. The molecule has 1 atom stereocenters. The van der Waals surface area contributed by atoms with Gasteiger partial charge in [-0.1, -0.05) is 18.2 Å². The van der Waals surface area contributed by atoms with Crippen LogP contribution in [0.4, 0.5) is 18.9 Å². The van der Waals surface area contributed by atoms with Gasteiger partial charge in [-0.05, 0) is 31.2 Å². The second kappa shape index (κ2) is 8.43. The fraction of sp³-hybridized carbons (Fsp3) is 0.300. The van der Waals surface area contributed by atoms with Crippen LogP contribution in [0.5, 0.6) is 0 Å². The lowest BCUT2D eigenvalue weighted by Crippen LogP contribution is -2.32. The van der Waals surface area contributed by atoms with Crippen molar-refractivity contribution in [2.45, 2.75) is 32.0 Å². The Kier molecular flexibility index (Phi) is 5.99. The van der Waals surface area contributed by atoms with Gasteiger partial charge in [-0.2, -0.15) is 13.2 Å². The summed E-state index contributed by atoms with van der Waals surface area (Å²) in [7, 11) is 0. The lowest BCUT2D eigenvalue weighted by molar-refractivity contribution is -0.137. The van der Waals surface area contributed by atoms with E-state index in [4.69, 9.17) is 0 Å². The van der Waals surface area contributed by atoms with Crippen LogP contribution in [-0.2, 0) is 17.4 Å². The first-order chi connectivity index (χ1) is 13.3. The topological polar surface area (TPSA) is 58.4 Å². The number of carbonyl (C=O) groups excluding carboxylic acids is 1. The maximum Gasteiger partial charge on any atom is 0.418 e. The van der Waals surface area contributed by atoms with Gasteiger partial charge in [0.25, 0.3) is 0 Å². The molecule has 3 rings (SSSR count). The molecule has 0 saturated heterocycles. The Morgan fingerprint density at radius 2 is 1.93 bits per heavy atom. The minimum absolute atomic E-state index is 0.0668. The van der Waals surface area contributed by atoms with Crippen molar-refractivity contribution < 1.29 is 18.0 Å². The van der Waals surface area contributed by atoms with Crippen LogP contribution in [-0.4, -0.2) is 27.9 Å². The summed E-state index contributed by atoms with van der Waals surface area (Å²) in [6.45, 7) is 2.43. The highest BCUT2D eigenvalue weighted by Crippen LogP contribution is 2.34. The number of nitrogens with zero attached hydrogens (tertiary/aromatic N) is 2. The molecule has 0 aliphatic rings. The van der Waals surface area contributed by atoms with Crippen LogP contribution >= 0.6 is 0 Å². The van der Waals surface area contributed by atoms with Crippen LogP contribution in [0.1, 0.15) is 24.6 Å². The lowest BCUT2D eigenvalue weighted by atomic mass is 10.1. The molecule has 1 amide bonds. The molecule has 8 heteroatoms.